The van der Waals surface area contributed by atoms with Crippen LogP contribution in [0.1, 0.15) is 5.56 Å². The van der Waals surface area contributed by atoms with E-state index in [1.807, 2.05) is 0 Å². The van der Waals surface area contributed by atoms with Crippen molar-refractivity contribution in [1.82, 2.24) is 0 Å². The van der Waals surface area contributed by atoms with Crippen molar-refractivity contribution < 1.29 is 4.74 Å². The SMILES string of the molecule is C=C(N)c1c(N)cccc1OC. The predicted molar refractivity (Wildman–Crippen MR) is 50.6 cm³/mol. The first-order valence-corrected chi connectivity index (χ1v) is 3.54. The molecule has 0 unspecified atom stereocenters. The lowest BCUT2D eigenvalue weighted by atomic mass is 10.1. The fourth-order valence-corrected chi connectivity index (χ4v) is 1.06. The molecule has 12 heavy (non-hydrogen) atoms. The second kappa shape index (κ2) is 3.17. The van der Waals surface area contributed by atoms with Gasteiger partial charge in [-0.15, -0.1) is 0 Å². The molecule has 0 saturated carbocycles. The van der Waals surface area contributed by atoms with E-state index in [-0.39, 0.29) is 0 Å². The van der Waals surface area contributed by atoms with Gasteiger partial charge in [0.1, 0.15) is 5.75 Å². The molecular weight excluding hydrogens is 152 g/mol. The first-order valence-electron chi connectivity index (χ1n) is 3.54. The summed E-state index contributed by atoms with van der Waals surface area (Å²) in [5.74, 6) is 0.655. The van der Waals surface area contributed by atoms with Crippen LogP contribution < -0.4 is 16.2 Å². The average molecular weight is 164 g/mol. The van der Waals surface area contributed by atoms with E-state index in [1.165, 1.54) is 0 Å². The molecule has 0 saturated heterocycles. The zero-order valence-corrected chi connectivity index (χ0v) is 7.00. The van der Waals surface area contributed by atoms with Gasteiger partial charge in [-0.05, 0) is 12.1 Å². The summed E-state index contributed by atoms with van der Waals surface area (Å²) in [6.45, 7) is 3.61. The van der Waals surface area contributed by atoms with Crippen molar-refractivity contribution >= 4 is 11.4 Å². The maximum Gasteiger partial charge on any atom is 0.130 e. The lowest BCUT2D eigenvalue weighted by Gasteiger charge is -2.09. The number of ether oxygens (including phenoxy) is 1. The second-order valence-corrected chi connectivity index (χ2v) is 2.45. The van der Waals surface area contributed by atoms with Gasteiger partial charge in [-0.2, -0.15) is 0 Å². The molecule has 1 rings (SSSR count). The van der Waals surface area contributed by atoms with Crippen LogP contribution in [-0.4, -0.2) is 7.11 Å². The van der Waals surface area contributed by atoms with Gasteiger partial charge in [0.25, 0.3) is 0 Å². The average Bonchev–Trinajstić information content (AvgIpc) is 2.03. The van der Waals surface area contributed by atoms with Gasteiger partial charge >= 0.3 is 0 Å². The maximum absolute atomic E-state index is 5.68. The fraction of sp³-hybridized carbons (Fsp3) is 0.111. The Bertz CT molecular complexity index is 307. The van der Waals surface area contributed by atoms with E-state index < -0.39 is 0 Å². The van der Waals surface area contributed by atoms with Gasteiger partial charge < -0.3 is 16.2 Å². The number of anilines is 1. The molecule has 64 valence electrons. The Balaban J connectivity index is 3.29. The number of hydrogen-bond donors (Lipinski definition) is 2. The molecule has 0 aliphatic carbocycles. The Labute approximate surface area is 71.6 Å². The molecule has 0 atom stereocenters. The zero-order chi connectivity index (χ0) is 9.14. The van der Waals surface area contributed by atoms with E-state index in [9.17, 15) is 0 Å². The molecule has 0 aliphatic heterocycles. The number of hydrogen-bond acceptors (Lipinski definition) is 3. The van der Waals surface area contributed by atoms with Gasteiger partial charge in [0, 0.05) is 11.4 Å². The largest absolute Gasteiger partial charge is 0.496 e. The minimum Gasteiger partial charge on any atom is -0.496 e. The van der Waals surface area contributed by atoms with Crippen molar-refractivity contribution in [3.8, 4) is 5.75 Å². The normalized spacial score (nSPS) is 9.42. The Morgan fingerprint density at radius 1 is 1.50 bits per heavy atom. The van der Waals surface area contributed by atoms with Gasteiger partial charge in [-0.25, -0.2) is 0 Å². The van der Waals surface area contributed by atoms with Gasteiger partial charge in [-0.3, -0.25) is 0 Å². The topological polar surface area (TPSA) is 61.3 Å². The van der Waals surface area contributed by atoms with Crippen molar-refractivity contribution in [2.75, 3.05) is 12.8 Å². The van der Waals surface area contributed by atoms with Crippen molar-refractivity contribution in [1.29, 1.82) is 0 Å². The molecule has 0 heterocycles. The molecule has 3 nitrogen and oxygen atoms in total. The quantitative estimate of drug-likeness (QED) is 0.646. The van der Waals surface area contributed by atoms with Gasteiger partial charge in [0.2, 0.25) is 0 Å². The van der Waals surface area contributed by atoms with Crippen LogP contribution in [0.4, 0.5) is 5.69 Å². The number of methoxy groups -OCH3 is 1. The third-order valence-corrected chi connectivity index (χ3v) is 1.60. The molecule has 1 aromatic rings. The summed E-state index contributed by atoms with van der Waals surface area (Å²) < 4.78 is 5.07. The van der Waals surface area contributed by atoms with Crippen molar-refractivity contribution in [2.24, 2.45) is 5.73 Å². The van der Waals surface area contributed by atoms with Gasteiger partial charge in [0.15, 0.2) is 0 Å². The molecule has 0 fully saturated rings. The summed E-state index contributed by atoms with van der Waals surface area (Å²) in [5.41, 5.74) is 12.9. The summed E-state index contributed by atoms with van der Waals surface area (Å²) in [6.07, 6.45) is 0. The lowest BCUT2D eigenvalue weighted by Crippen LogP contribution is -2.02. The molecule has 0 radical (unpaired) electrons. The monoisotopic (exact) mass is 164 g/mol. The number of nitrogens with two attached hydrogens (primary N) is 2. The minimum atomic E-state index is 0.421. The van der Waals surface area contributed by atoms with E-state index in [1.54, 1.807) is 25.3 Å². The molecule has 0 aromatic heterocycles. The summed E-state index contributed by atoms with van der Waals surface area (Å²) in [6, 6.07) is 5.36. The fourth-order valence-electron chi connectivity index (χ4n) is 1.06. The summed E-state index contributed by atoms with van der Waals surface area (Å²) >= 11 is 0. The molecule has 3 heteroatoms. The molecule has 0 spiro atoms. The Hall–Kier alpha value is -1.64. The molecular formula is C9H12N2O. The van der Waals surface area contributed by atoms with E-state index >= 15 is 0 Å². The molecule has 0 amide bonds. The van der Waals surface area contributed by atoms with E-state index in [2.05, 4.69) is 6.58 Å². The molecule has 1 aromatic carbocycles. The summed E-state index contributed by atoms with van der Waals surface area (Å²) in [4.78, 5) is 0. The Morgan fingerprint density at radius 2 is 2.17 bits per heavy atom. The van der Waals surface area contributed by atoms with Crippen LogP contribution in [0.15, 0.2) is 24.8 Å². The highest BCUT2D eigenvalue weighted by molar-refractivity contribution is 5.76. The third kappa shape index (κ3) is 1.34. The smallest absolute Gasteiger partial charge is 0.130 e. The van der Waals surface area contributed by atoms with Crippen LogP contribution in [-0.2, 0) is 0 Å². The van der Waals surface area contributed by atoms with E-state index in [0.717, 1.165) is 0 Å². The lowest BCUT2D eigenvalue weighted by molar-refractivity contribution is 0.414. The predicted octanol–water partition coefficient (Wildman–Crippen LogP) is 1.21. The van der Waals surface area contributed by atoms with Crippen LogP contribution in [0, 0.1) is 0 Å². The molecule has 4 N–H and O–H groups in total. The standard InChI is InChI=1S/C9H12N2O/c1-6(10)9-7(11)4-3-5-8(9)12-2/h3-5H,1,10-11H2,2H3. The van der Waals surface area contributed by atoms with Crippen LogP contribution in [0.3, 0.4) is 0 Å². The highest BCUT2D eigenvalue weighted by Gasteiger charge is 2.06. The first-order chi connectivity index (χ1) is 5.66. The molecule has 0 bridgehead atoms. The highest BCUT2D eigenvalue weighted by atomic mass is 16.5. The van der Waals surface area contributed by atoms with Gasteiger partial charge in [0.05, 0.1) is 12.7 Å². The van der Waals surface area contributed by atoms with Crippen molar-refractivity contribution in [2.45, 2.75) is 0 Å². The highest BCUT2D eigenvalue weighted by Crippen LogP contribution is 2.27. The van der Waals surface area contributed by atoms with Gasteiger partial charge in [-0.1, -0.05) is 12.6 Å². The van der Waals surface area contributed by atoms with Crippen LogP contribution >= 0.6 is 0 Å². The van der Waals surface area contributed by atoms with Crippen molar-refractivity contribution in [3.63, 3.8) is 0 Å². The number of nitrogen functional groups attached to an aromatic ring is 1. The number of rotatable bonds is 2. The maximum atomic E-state index is 5.68. The van der Waals surface area contributed by atoms with Crippen molar-refractivity contribution in [3.05, 3.63) is 30.3 Å². The van der Waals surface area contributed by atoms with E-state index in [0.29, 0.717) is 22.7 Å². The first kappa shape index (κ1) is 8.46. The third-order valence-electron chi connectivity index (χ3n) is 1.60. The minimum absolute atomic E-state index is 0.421. The second-order valence-electron chi connectivity index (χ2n) is 2.45. The summed E-state index contributed by atoms with van der Waals surface area (Å²) in [7, 11) is 1.57. The Morgan fingerprint density at radius 3 is 2.58 bits per heavy atom. The molecule has 0 aliphatic rings. The van der Waals surface area contributed by atoms with E-state index in [4.69, 9.17) is 16.2 Å². The Kier molecular flexibility index (Phi) is 2.24. The zero-order valence-electron chi connectivity index (χ0n) is 7.00. The van der Waals surface area contributed by atoms with Crippen LogP contribution in [0.5, 0.6) is 5.75 Å². The summed E-state index contributed by atoms with van der Waals surface area (Å²) in [5, 5.41) is 0. The van der Waals surface area contributed by atoms with Crippen LogP contribution in [0.25, 0.3) is 5.70 Å². The van der Waals surface area contributed by atoms with Crippen LogP contribution in [0.2, 0.25) is 0 Å². The number of benzene rings is 1.